The van der Waals surface area contributed by atoms with Crippen LogP contribution in [-0.4, -0.2) is 44.2 Å². The van der Waals surface area contributed by atoms with Gasteiger partial charge in [0.2, 0.25) is 0 Å². The van der Waals surface area contributed by atoms with Crippen LogP contribution in [0.5, 0.6) is 5.75 Å². The van der Waals surface area contributed by atoms with Crippen LogP contribution in [0.1, 0.15) is 18.9 Å². The molecule has 1 aromatic rings. The molecule has 0 saturated carbocycles. The molecule has 0 aromatic heterocycles. The van der Waals surface area contributed by atoms with Gasteiger partial charge < -0.3 is 10.1 Å². The average molecular weight is 260 g/mol. The number of para-hydroxylation sites is 1. The van der Waals surface area contributed by atoms with E-state index >= 15 is 0 Å². The monoisotopic (exact) mass is 260 g/mol. The predicted octanol–water partition coefficient (Wildman–Crippen LogP) is 2.39. The van der Waals surface area contributed by atoms with E-state index in [4.69, 9.17) is 4.74 Å². The SMILES string of the molecule is CCOc1ccccc1/C=C/CN1CCCNCC1. The highest BCUT2D eigenvalue weighted by Crippen LogP contribution is 2.19. The molecule has 104 valence electrons. The minimum atomic E-state index is 0.711. The van der Waals surface area contributed by atoms with Gasteiger partial charge in [-0.1, -0.05) is 30.4 Å². The normalized spacial score (nSPS) is 17.5. The molecule has 0 atom stereocenters. The maximum absolute atomic E-state index is 5.62. The molecule has 3 heteroatoms. The van der Waals surface area contributed by atoms with Gasteiger partial charge in [0.15, 0.2) is 0 Å². The number of ether oxygens (including phenoxy) is 1. The zero-order valence-electron chi connectivity index (χ0n) is 11.8. The lowest BCUT2D eigenvalue weighted by molar-refractivity contribution is 0.324. The highest BCUT2D eigenvalue weighted by Gasteiger charge is 2.06. The van der Waals surface area contributed by atoms with E-state index in [2.05, 4.69) is 34.5 Å². The Balaban J connectivity index is 1.90. The lowest BCUT2D eigenvalue weighted by atomic mass is 10.2. The number of benzene rings is 1. The maximum Gasteiger partial charge on any atom is 0.126 e. The Morgan fingerprint density at radius 3 is 3.05 bits per heavy atom. The molecule has 1 N–H and O–H groups in total. The second-order valence-corrected chi connectivity index (χ2v) is 4.78. The van der Waals surface area contributed by atoms with Crippen molar-refractivity contribution in [2.75, 3.05) is 39.3 Å². The third kappa shape index (κ3) is 4.69. The molecular formula is C16H24N2O. The highest BCUT2D eigenvalue weighted by molar-refractivity contribution is 5.57. The third-order valence-corrected chi connectivity index (χ3v) is 3.31. The standard InChI is InChI=1S/C16H24N2O/c1-2-19-16-9-4-3-7-15(16)8-5-12-18-13-6-10-17-11-14-18/h3-5,7-9,17H,2,6,10-14H2,1H3/b8-5+. The van der Waals surface area contributed by atoms with E-state index in [0.29, 0.717) is 6.61 Å². The molecule has 1 saturated heterocycles. The molecule has 3 nitrogen and oxygen atoms in total. The van der Waals surface area contributed by atoms with Gasteiger partial charge >= 0.3 is 0 Å². The van der Waals surface area contributed by atoms with E-state index in [-0.39, 0.29) is 0 Å². The first-order valence-electron chi connectivity index (χ1n) is 7.21. The maximum atomic E-state index is 5.62. The van der Waals surface area contributed by atoms with Crippen molar-refractivity contribution in [3.05, 3.63) is 35.9 Å². The van der Waals surface area contributed by atoms with Crippen molar-refractivity contribution < 1.29 is 4.74 Å². The second kappa shape index (κ2) is 7.97. The Kier molecular flexibility index (Phi) is 5.92. The Hall–Kier alpha value is -1.32. The van der Waals surface area contributed by atoms with Gasteiger partial charge in [0, 0.05) is 25.2 Å². The minimum Gasteiger partial charge on any atom is -0.493 e. The first kappa shape index (κ1) is 14.1. The van der Waals surface area contributed by atoms with Gasteiger partial charge in [-0.05, 0) is 32.5 Å². The van der Waals surface area contributed by atoms with Crippen molar-refractivity contribution in [3.63, 3.8) is 0 Å². The number of nitrogens with one attached hydrogen (secondary N) is 1. The molecule has 1 aliphatic heterocycles. The van der Waals surface area contributed by atoms with Crippen molar-refractivity contribution >= 4 is 6.08 Å². The van der Waals surface area contributed by atoms with Crippen LogP contribution in [0.4, 0.5) is 0 Å². The Morgan fingerprint density at radius 2 is 2.16 bits per heavy atom. The van der Waals surface area contributed by atoms with Crippen molar-refractivity contribution in [1.82, 2.24) is 10.2 Å². The summed E-state index contributed by atoms with van der Waals surface area (Å²) in [6.07, 6.45) is 5.65. The zero-order chi connectivity index (χ0) is 13.3. The Bertz CT molecular complexity index is 395. The molecule has 1 fully saturated rings. The summed E-state index contributed by atoms with van der Waals surface area (Å²) >= 11 is 0. The predicted molar refractivity (Wildman–Crippen MR) is 80.6 cm³/mol. The molecule has 0 spiro atoms. The van der Waals surface area contributed by atoms with E-state index in [1.165, 1.54) is 13.0 Å². The second-order valence-electron chi connectivity index (χ2n) is 4.78. The summed E-state index contributed by atoms with van der Waals surface area (Å²) in [6.45, 7) is 8.31. The Labute approximate surface area is 116 Å². The average Bonchev–Trinajstić information content (AvgIpc) is 2.70. The summed E-state index contributed by atoms with van der Waals surface area (Å²) in [5.41, 5.74) is 1.16. The third-order valence-electron chi connectivity index (χ3n) is 3.31. The minimum absolute atomic E-state index is 0.711. The van der Waals surface area contributed by atoms with Crippen molar-refractivity contribution in [2.45, 2.75) is 13.3 Å². The first-order chi connectivity index (χ1) is 9.40. The van der Waals surface area contributed by atoms with E-state index < -0.39 is 0 Å². The molecular weight excluding hydrogens is 236 g/mol. The quantitative estimate of drug-likeness (QED) is 0.880. The van der Waals surface area contributed by atoms with E-state index in [9.17, 15) is 0 Å². The lowest BCUT2D eigenvalue weighted by Gasteiger charge is -2.16. The molecule has 1 aromatic carbocycles. The van der Waals surface area contributed by atoms with Crippen LogP contribution in [0.25, 0.3) is 6.08 Å². The Morgan fingerprint density at radius 1 is 1.26 bits per heavy atom. The molecule has 1 heterocycles. The van der Waals surface area contributed by atoms with Crippen LogP contribution in [0.15, 0.2) is 30.3 Å². The number of nitrogens with zero attached hydrogens (tertiary/aromatic N) is 1. The van der Waals surface area contributed by atoms with Crippen LogP contribution in [0.2, 0.25) is 0 Å². The molecule has 0 bridgehead atoms. The fourth-order valence-corrected chi connectivity index (χ4v) is 2.32. The number of hydrogen-bond donors (Lipinski definition) is 1. The highest BCUT2D eigenvalue weighted by atomic mass is 16.5. The van der Waals surface area contributed by atoms with Gasteiger partial charge in [-0.15, -0.1) is 0 Å². The van der Waals surface area contributed by atoms with E-state index in [1.54, 1.807) is 0 Å². The van der Waals surface area contributed by atoms with Gasteiger partial charge in [0.1, 0.15) is 5.75 Å². The summed E-state index contributed by atoms with van der Waals surface area (Å²) in [4.78, 5) is 2.49. The summed E-state index contributed by atoms with van der Waals surface area (Å²) in [5.74, 6) is 0.971. The molecule has 0 aliphatic carbocycles. The van der Waals surface area contributed by atoms with Crippen LogP contribution < -0.4 is 10.1 Å². The van der Waals surface area contributed by atoms with E-state index in [0.717, 1.165) is 37.5 Å². The van der Waals surface area contributed by atoms with Gasteiger partial charge in [0.25, 0.3) is 0 Å². The van der Waals surface area contributed by atoms with Crippen molar-refractivity contribution in [1.29, 1.82) is 0 Å². The largest absolute Gasteiger partial charge is 0.493 e. The summed E-state index contributed by atoms with van der Waals surface area (Å²) in [5, 5.41) is 3.43. The van der Waals surface area contributed by atoms with Crippen LogP contribution in [-0.2, 0) is 0 Å². The molecule has 0 amide bonds. The first-order valence-corrected chi connectivity index (χ1v) is 7.21. The molecule has 0 unspecified atom stereocenters. The van der Waals surface area contributed by atoms with Crippen LogP contribution >= 0.6 is 0 Å². The molecule has 2 rings (SSSR count). The van der Waals surface area contributed by atoms with Crippen molar-refractivity contribution in [2.24, 2.45) is 0 Å². The lowest BCUT2D eigenvalue weighted by Crippen LogP contribution is -2.28. The zero-order valence-corrected chi connectivity index (χ0v) is 11.8. The van der Waals surface area contributed by atoms with Gasteiger partial charge in [-0.25, -0.2) is 0 Å². The number of hydrogen-bond acceptors (Lipinski definition) is 3. The number of rotatable bonds is 5. The molecule has 0 radical (unpaired) electrons. The van der Waals surface area contributed by atoms with Crippen molar-refractivity contribution in [3.8, 4) is 5.75 Å². The van der Waals surface area contributed by atoms with Crippen LogP contribution in [0.3, 0.4) is 0 Å². The summed E-state index contributed by atoms with van der Waals surface area (Å²) < 4.78 is 5.62. The topological polar surface area (TPSA) is 24.5 Å². The molecule has 19 heavy (non-hydrogen) atoms. The van der Waals surface area contributed by atoms with Gasteiger partial charge in [-0.3, -0.25) is 4.90 Å². The summed E-state index contributed by atoms with van der Waals surface area (Å²) in [7, 11) is 0. The fourth-order valence-electron chi connectivity index (χ4n) is 2.32. The van der Waals surface area contributed by atoms with E-state index in [1.807, 2.05) is 19.1 Å². The summed E-state index contributed by atoms with van der Waals surface area (Å²) in [6, 6.07) is 8.20. The van der Waals surface area contributed by atoms with Gasteiger partial charge in [0.05, 0.1) is 6.61 Å². The molecule has 1 aliphatic rings. The van der Waals surface area contributed by atoms with Crippen LogP contribution in [0, 0.1) is 0 Å². The fraction of sp³-hybridized carbons (Fsp3) is 0.500. The van der Waals surface area contributed by atoms with Gasteiger partial charge in [-0.2, -0.15) is 0 Å². The smallest absolute Gasteiger partial charge is 0.126 e.